The van der Waals surface area contributed by atoms with E-state index in [9.17, 15) is 9.18 Å². The van der Waals surface area contributed by atoms with Gasteiger partial charge < -0.3 is 11.1 Å². The average molecular weight is 183 g/mol. The number of rotatable bonds is 3. The fourth-order valence-electron chi connectivity index (χ4n) is 0.798. The van der Waals surface area contributed by atoms with Crippen molar-refractivity contribution in [2.75, 3.05) is 13.1 Å². The maximum Gasteiger partial charge on any atom is 0.252 e. The van der Waals surface area contributed by atoms with Crippen molar-refractivity contribution in [2.24, 2.45) is 5.73 Å². The fraction of sp³-hybridized carbons (Fsp3) is 0.250. The molecular weight excluding hydrogens is 173 g/mol. The van der Waals surface area contributed by atoms with Gasteiger partial charge in [-0.25, -0.2) is 4.98 Å². The van der Waals surface area contributed by atoms with Gasteiger partial charge in [-0.05, 0) is 12.1 Å². The number of carbonyl (C=O) groups excluding carboxylic acids is 1. The minimum absolute atomic E-state index is 0.294. The van der Waals surface area contributed by atoms with Crippen LogP contribution in [0.4, 0.5) is 4.39 Å². The van der Waals surface area contributed by atoms with Gasteiger partial charge in [-0.1, -0.05) is 0 Å². The van der Waals surface area contributed by atoms with Gasteiger partial charge in [0.2, 0.25) is 5.95 Å². The van der Waals surface area contributed by atoms with E-state index in [1.54, 1.807) is 0 Å². The number of aromatic nitrogens is 1. The first-order valence-electron chi connectivity index (χ1n) is 3.84. The maximum absolute atomic E-state index is 12.3. The molecule has 0 aliphatic heterocycles. The van der Waals surface area contributed by atoms with E-state index in [2.05, 4.69) is 10.3 Å². The molecule has 1 aromatic rings. The van der Waals surface area contributed by atoms with Gasteiger partial charge in [0.25, 0.3) is 5.91 Å². The third kappa shape index (κ3) is 2.79. The zero-order valence-corrected chi connectivity index (χ0v) is 6.96. The van der Waals surface area contributed by atoms with E-state index in [-0.39, 0.29) is 5.91 Å². The molecular formula is C8H10FN3O. The number of pyridine rings is 1. The smallest absolute Gasteiger partial charge is 0.252 e. The van der Waals surface area contributed by atoms with Crippen LogP contribution in [-0.2, 0) is 0 Å². The molecule has 0 aliphatic rings. The number of hydrogen-bond acceptors (Lipinski definition) is 3. The van der Waals surface area contributed by atoms with E-state index in [1.807, 2.05) is 0 Å². The lowest BCUT2D eigenvalue weighted by Crippen LogP contribution is -2.29. The summed E-state index contributed by atoms with van der Waals surface area (Å²) in [5.74, 6) is -0.895. The number of nitrogens with zero attached hydrogens (tertiary/aromatic N) is 1. The zero-order chi connectivity index (χ0) is 9.68. The number of nitrogens with two attached hydrogens (primary N) is 1. The van der Waals surface area contributed by atoms with Gasteiger partial charge >= 0.3 is 0 Å². The van der Waals surface area contributed by atoms with Crippen LogP contribution in [0.5, 0.6) is 0 Å². The lowest BCUT2D eigenvalue weighted by atomic mass is 10.3. The van der Waals surface area contributed by atoms with Crippen molar-refractivity contribution in [3.63, 3.8) is 0 Å². The van der Waals surface area contributed by atoms with Crippen LogP contribution in [-0.4, -0.2) is 24.0 Å². The van der Waals surface area contributed by atoms with Gasteiger partial charge in [0.15, 0.2) is 0 Å². The summed E-state index contributed by atoms with van der Waals surface area (Å²) in [6.07, 6.45) is 1.18. The SMILES string of the molecule is NCCNC(=O)c1ccc(F)nc1. The summed E-state index contributed by atoms with van der Waals surface area (Å²) in [7, 11) is 0. The average Bonchev–Trinajstić information content (AvgIpc) is 2.15. The molecule has 0 saturated carbocycles. The van der Waals surface area contributed by atoms with Crippen LogP contribution in [0.2, 0.25) is 0 Å². The van der Waals surface area contributed by atoms with E-state index in [0.29, 0.717) is 18.7 Å². The van der Waals surface area contributed by atoms with Crippen molar-refractivity contribution in [1.82, 2.24) is 10.3 Å². The molecule has 0 aromatic carbocycles. The molecule has 5 heteroatoms. The Hall–Kier alpha value is -1.49. The van der Waals surface area contributed by atoms with E-state index in [4.69, 9.17) is 5.73 Å². The van der Waals surface area contributed by atoms with Crippen LogP contribution < -0.4 is 11.1 Å². The van der Waals surface area contributed by atoms with Crippen LogP contribution >= 0.6 is 0 Å². The van der Waals surface area contributed by atoms with E-state index >= 15 is 0 Å². The number of halogens is 1. The third-order valence-corrected chi connectivity index (χ3v) is 1.42. The summed E-state index contributed by atoms with van der Waals surface area (Å²) in [4.78, 5) is 14.5. The quantitative estimate of drug-likeness (QED) is 0.643. The van der Waals surface area contributed by atoms with Crippen LogP contribution in [0.1, 0.15) is 10.4 Å². The van der Waals surface area contributed by atoms with Gasteiger partial charge in [0, 0.05) is 19.3 Å². The summed E-state index contributed by atoms with van der Waals surface area (Å²) in [5, 5.41) is 2.54. The molecule has 13 heavy (non-hydrogen) atoms. The third-order valence-electron chi connectivity index (χ3n) is 1.42. The van der Waals surface area contributed by atoms with Crippen molar-refractivity contribution < 1.29 is 9.18 Å². The first-order valence-corrected chi connectivity index (χ1v) is 3.84. The highest BCUT2D eigenvalue weighted by molar-refractivity contribution is 5.93. The predicted octanol–water partition coefficient (Wildman–Crippen LogP) is -0.0908. The lowest BCUT2D eigenvalue weighted by Gasteiger charge is -2.01. The highest BCUT2D eigenvalue weighted by Crippen LogP contribution is 1.97. The summed E-state index contributed by atoms with van der Waals surface area (Å²) < 4.78 is 12.3. The first kappa shape index (κ1) is 9.60. The number of nitrogens with one attached hydrogen (secondary N) is 1. The van der Waals surface area contributed by atoms with E-state index in [1.165, 1.54) is 12.3 Å². The molecule has 1 aromatic heterocycles. The molecule has 0 fully saturated rings. The summed E-state index contributed by atoms with van der Waals surface area (Å²) in [5.41, 5.74) is 5.52. The van der Waals surface area contributed by atoms with Crippen LogP contribution in [0.3, 0.4) is 0 Å². The Balaban J connectivity index is 2.61. The highest BCUT2D eigenvalue weighted by Gasteiger charge is 2.03. The van der Waals surface area contributed by atoms with Crippen molar-refractivity contribution in [3.8, 4) is 0 Å². The number of hydrogen-bond donors (Lipinski definition) is 2. The molecule has 3 N–H and O–H groups in total. The molecule has 0 atom stereocenters. The lowest BCUT2D eigenvalue weighted by molar-refractivity contribution is 0.0954. The van der Waals surface area contributed by atoms with E-state index in [0.717, 1.165) is 6.07 Å². The minimum Gasteiger partial charge on any atom is -0.351 e. The van der Waals surface area contributed by atoms with Crippen LogP contribution in [0, 0.1) is 5.95 Å². The molecule has 0 saturated heterocycles. The minimum atomic E-state index is -0.602. The van der Waals surface area contributed by atoms with Crippen LogP contribution in [0.25, 0.3) is 0 Å². The van der Waals surface area contributed by atoms with Gasteiger partial charge in [-0.2, -0.15) is 4.39 Å². The molecule has 1 heterocycles. The molecule has 0 radical (unpaired) electrons. The number of amides is 1. The molecule has 0 unspecified atom stereocenters. The van der Waals surface area contributed by atoms with Crippen molar-refractivity contribution in [3.05, 3.63) is 29.8 Å². The van der Waals surface area contributed by atoms with Gasteiger partial charge in [0.05, 0.1) is 5.56 Å². The Labute approximate surface area is 75.0 Å². The Bertz CT molecular complexity index is 286. The largest absolute Gasteiger partial charge is 0.351 e. The second-order valence-electron chi connectivity index (χ2n) is 2.41. The monoisotopic (exact) mass is 183 g/mol. The second-order valence-corrected chi connectivity index (χ2v) is 2.41. The predicted molar refractivity (Wildman–Crippen MR) is 45.6 cm³/mol. The normalized spacial score (nSPS) is 9.69. The molecule has 0 spiro atoms. The van der Waals surface area contributed by atoms with Gasteiger partial charge in [-0.15, -0.1) is 0 Å². The van der Waals surface area contributed by atoms with Crippen LogP contribution in [0.15, 0.2) is 18.3 Å². The standard InChI is InChI=1S/C8H10FN3O/c9-7-2-1-6(5-12-7)8(13)11-4-3-10/h1-2,5H,3-4,10H2,(H,11,13). The Morgan fingerprint density at radius 2 is 2.38 bits per heavy atom. The molecule has 70 valence electrons. The first-order chi connectivity index (χ1) is 6.24. The molecule has 1 rings (SSSR count). The fourth-order valence-corrected chi connectivity index (χ4v) is 0.798. The van der Waals surface area contributed by atoms with Gasteiger partial charge in [-0.3, -0.25) is 4.79 Å². The Morgan fingerprint density at radius 1 is 1.62 bits per heavy atom. The molecule has 0 aliphatic carbocycles. The summed E-state index contributed by atoms with van der Waals surface area (Å²) >= 11 is 0. The highest BCUT2D eigenvalue weighted by atomic mass is 19.1. The van der Waals surface area contributed by atoms with Crippen molar-refractivity contribution in [1.29, 1.82) is 0 Å². The topological polar surface area (TPSA) is 68.0 Å². The van der Waals surface area contributed by atoms with Crippen molar-refractivity contribution >= 4 is 5.91 Å². The van der Waals surface area contributed by atoms with E-state index < -0.39 is 5.95 Å². The molecule has 0 bridgehead atoms. The maximum atomic E-state index is 12.3. The summed E-state index contributed by atoms with van der Waals surface area (Å²) in [6.45, 7) is 0.774. The second kappa shape index (κ2) is 4.51. The van der Waals surface area contributed by atoms with Gasteiger partial charge in [0.1, 0.15) is 0 Å². The number of carbonyl (C=O) groups is 1. The Kier molecular flexibility index (Phi) is 3.33. The summed E-state index contributed by atoms with van der Waals surface area (Å²) in [6, 6.07) is 2.51. The Morgan fingerprint density at radius 3 is 2.92 bits per heavy atom. The van der Waals surface area contributed by atoms with Crippen molar-refractivity contribution in [2.45, 2.75) is 0 Å². The molecule has 4 nitrogen and oxygen atoms in total. The zero-order valence-electron chi connectivity index (χ0n) is 6.96. The molecule has 1 amide bonds.